The average molecular weight is 301 g/mol. The topological polar surface area (TPSA) is 59.2 Å². The number of amides is 1. The molecule has 2 N–H and O–H groups in total. The Labute approximate surface area is 129 Å². The molecule has 22 heavy (non-hydrogen) atoms. The van der Waals surface area contributed by atoms with E-state index in [-0.39, 0.29) is 11.7 Å². The van der Waals surface area contributed by atoms with Gasteiger partial charge in [-0.05, 0) is 50.4 Å². The normalized spacial score (nSPS) is 16.2. The summed E-state index contributed by atoms with van der Waals surface area (Å²) in [5.41, 5.74) is 7.55. The van der Waals surface area contributed by atoms with Crippen LogP contribution in [0.5, 0.6) is 0 Å². The van der Waals surface area contributed by atoms with Crippen LogP contribution in [0.3, 0.4) is 0 Å². The van der Waals surface area contributed by atoms with Crippen molar-refractivity contribution in [3.8, 4) is 0 Å². The Morgan fingerprint density at radius 2 is 2.09 bits per heavy atom. The number of nitrogens with zero attached hydrogens (tertiary/aromatic N) is 2. The number of rotatable bonds is 2. The molecule has 1 aliphatic rings. The van der Waals surface area contributed by atoms with Crippen molar-refractivity contribution in [3.63, 3.8) is 0 Å². The van der Waals surface area contributed by atoms with E-state index in [0.29, 0.717) is 28.9 Å². The smallest absolute Gasteiger partial charge is 0.254 e. The predicted molar refractivity (Wildman–Crippen MR) is 84.1 cm³/mol. The molecule has 1 amide bonds. The molecule has 2 heterocycles. The molecule has 0 saturated carbocycles. The molecule has 1 aliphatic heterocycles. The third-order valence-electron chi connectivity index (χ3n) is 4.37. The number of likely N-dealkylation sites (tertiary alicyclic amines) is 1. The van der Waals surface area contributed by atoms with Gasteiger partial charge in [0, 0.05) is 30.2 Å². The molecule has 0 unspecified atom stereocenters. The van der Waals surface area contributed by atoms with E-state index in [1.165, 1.54) is 12.1 Å². The number of halogens is 1. The Morgan fingerprint density at radius 1 is 1.36 bits per heavy atom. The Bertz CT molecular complexity index is 703. The number of benzene rings is 1. The average Bonchev–Trinajstić information content (AvgIpc) is 2.53. The largest absolute Gasteiger partial charge is 0.339 e. The highest BCUT2D eigenvalue weighted by molar-refractivity contribution is 6.06. The summed E-state index contributed by atoms with van der Waals surface area (Å²) in [7, 11) is 0. The summed E-state index contributed by atoms with van der Waals surface area (Å²) in [5, 5.41) is 0.706. The van der Waals surface area contributed by atoms with E-state index in [1.807, 2.05) is 11.8 Å². The zero-order chi connectivity index (χ0) is 15.7. The van der Waals surface area contributed by atoms with Crippen molar-refractivity contribution >= 4 is 16.8 Å². The summed E-state index contributed by atoms with van der Waals surface area (Å²) in [5.74, 6) is 0.166. The maximum absolute atomic E-state index is 13.4. The highest BCUT2D eigenvalue weighted by Crippen LogP contribution is 2.23. The minimum Gasteiger partial charge on any atom is -0.339 e. The van der Waals surface area contributed by atoms with Crippen LogP contribution in [-0.2, 0) is 0 Å². The molecule has 0 spiro atoms. The molecule has 0 radical (unpaired) electrons. The Morgan fingerprint density at radius 3 is 2.77 bits per heavy atom. The van der Waals surface area contributed by atoms with Crippen LogP contribution in [0.25, 0.3) is 10.9 Å². The van der Waals surface area contributed by atoms with Crippen LogP contribution in [0.2, 0.25) is 0 Å². The van der Waals surface area contributed by atoms with Crippen LogP contribution in [0.15, 0.2) is 24.3 Å². The molecule has 1 aromatic heterocycles. The van der Waals surface area contributed by atoms with Crippen molar-refractivity contribution in [3.05, 3.63) is 41.3 Å². The number of carbonyl (C=O) groups excluding carboxylic acids is 1. The van der Waals surface area contributed by atoms with E-state index in [1.54, 1.807) is 12.1 Å². The van der Waals surface area contributed by atoms with Gasteiger partial charge >= 0.3 is 0 Å². The molecule has 116 valence electrons. The Kier molecular flexibility index (Phi) is 4.07. The first-order valence-corrected chi connectivity index (χ1v) is 7.64. The second-order valence-electron chi connectivity index (χ2n) is 5.94. The van der Waals surface area contributed by atoms with Crippen molar-refractivity contribution in [2.45, 2.75) is 19.8 Å². The van der Waals surface area contributed by atoms with E-state index >= 15 is 0 Å². The molecule has 4 nitrogen and oxygen atoms in total. The Balaban J connectivity index is 1.94. The van der Waals surface area contributed by atoms with Gasteiger partial charge in [0.15, 0.2) is 0 Å². The van der Waals surface area contributed by atoms with Crippen molar-refractivity contribution in [2.75, 3.05) is 19.6 Å². The quantitative estimate of drug-likeness (QED) is 0.927. The van der Waals surface area contributed by atoms with Crippen molar-refractivity contribution in [2.24, 2.45) is 11.7 Å². The van der Waals surface area contributed by atoms with Gasteiger partial charge in [0.1, 0.15) is 5.82 Å². The molecule has 1 fully saturated rings. The highest BCUT2D eigenvalue weighted by atomic mass is 19.1. The maximum atomic E-state index is 13.4. The number of carbonyl (C=O) groups is 1. The number of nitrogens with two attached hydrogens (primary N) is 1. The van der Waals surface area contributed by atoms with E-state index in [2.05, 4.69) is 4.98 Å². The van der Waals surface area contributed by atoms with Gasteiger partial charge in [-0.1, -0.05) is 0 Å². The third kappa shape index (κ3) is 2.81. The predicted octanol–water partition coefficient (Wildman–Crippen LogP) is 2.49. The summed E-state index contributed by atoms with van der Waals surface area (Å²) >= 11 is 0. The monoisotopic (exact) mass is 301 g/mol. The SMILES string of the molecule is Cc1cc(C(=O)N2CCC(CN)CC2)c2ccc(F)cc2n1. The number of aromatic nitrogens is 1. The fraction of sp³-hybridized carbons (Fsp3) is 0.412. The van der Waals surface area contributed by atoms with E-state index in [4.69, 9.17) is 5.73 Å². The Hall–Kier alpha value is -2.01. The van der Waals surface area contributed by atoms with Crippen molar-refractivity contribution < 1.29 is 9.18 Å². The molecule has 0 atom stereocenters. The molecule has 0 aliphatic carbocycles. The van der Waals surface area contributed by atoms with Gasteiger partial charge in [0.05, 0.1) is 11.1 Å². The lowest BCUT2D eigenvalue weighted by Crippen LogP contribution is -2.40. The number of aryl methyl sites for hydroxylation is 1. The number of hydrogen-bond donors (Lipinski definition) is 1. The molecule has 2 aromatic rings. The lowest BCUT2D eigenvalue weighted by Gasteiger charge is -2.31. The standard InChI is InChI=1S/C17H20FN3O/c1-11-8-15(14-3-2-13(18)9-16(14)20-11)17(22)21-6-4-12(10-19)5-7-21/h2-3,8-9,12H,4-7,10,19H2,1H3. The lowest BCUT2D eigenvalue weighted by molar-refractivity contribution is 0.0695. The molecule has 0 bridgehead atoms. The zero-order valence-electron chi connectivity index (χ0n) is 12.7. The van der Waals surface area contributed by atoms with E-state index in [0.717, 1.165) is 31.6 Å². The third-order valence-corrected chi connectivity index (χ3v) is 4.37. The molecule has 5 heteroatoms. The number of fused-ring (bicyclic) bond motifs is 1. The number of pyridine rings is 1. The van der Waals surface area contributed by atoms with Gasteiger partial charge in [0.2, 0.25) is 0 Å². The van der Waals surface area contributed by atoms with Gasteiger partial charge in [-0.2, -0.15) is 0 Å². The van der Waals surface area contributed by atoms with Gasteiger partial charge in [-0.3, -0.25) is 9.78 Å². The zero-order valence-corrected chi connectivity index (χ0v) is 12.7. The number of piperidine rings is 1. The van der Waals surface area contributed by atoms with E-state index in [9.17, 15) is 9.18 Å². The van der Waals surface area contributed by atoms with Gasteiger partial charge in [0.25, 0.3) is 5.91 Å². The fourth-order valence-corrected chi connectivity index (χ4v) is 3.05. The molecule has 1 aromatic carbocycles. The van der Waals surface area contributed by atoms with Gasteiger partial charge in [-0.25, -0.2) is 4.39 Å². The number of hydrogen-bond acceptors (Lipinski definition) is 3. The highest BCUT2D eigenvalue weighted by Gasteiger charge is 2.24. The summed E-state index contributed by atoms with van der Waals surface area (Å²) in [6.07, 6.45) is 1.89. The minimum absolute atomic E-state index is 0.00224. The first-order chi connectivity index (χ1) is 10.6. The van der Waals surface area contributed by atoms with Crippen LogP contribution >= 0.6 is 0 Å². The summed E-state index contributed by atoms with van der Waals surface area (Å²) < 4.78 is 13.4. The first-order valence-electron chi connectivity index (χ1n) is 7.64. The van der Waals surface area contributed by atoms with Crippen LogP contribution in [-0.4, -0.2) is 35.4 Å². The summed E-state index contributed by atoms with van der Waals surface area (Å²) in [6, 6.07) is 6.17. The second kappa shape index (κ2) is 6.01. The molecule has 1 saturated heterocycles. The molecular weight excluding hydrogens is 281 g/mol. The van der Waals surface area contributed by atoms with E-state index < -0.39 is 0 Å². The second-order valence-corrected chi connectivity index (χ2v) is 5.94. The van der Waals surface area contributed by atoms with Gasteiger partial charge < -0.3 is 10.6 Å². The molecular formula is C17H20FN3O. The summed E-state index contributed by atoms with van der Waals surface area (Å²) in [6.45, 7) is 3.95. The lowest BCUT2D eigenvalue weighted by atomic mass is 9.96. The maximum Gasteiger partial charge on any atom is 0.254 e. The minimum atomic E-state index is -0.340. The van der Waals surface area contributed by atoms with Crippen LogP contribution in [0.1, 0.15) is 28.9 Å². The van der Waals surface area contributed by atoms with Crippen molar-refractivity contribution in [1.82, 2.24) is 9.88 Å². The fourth-order valence-electron chi connectivity index (χ4n) is 3.05. The molecule has 3 rings (SSSR count). The summed E-state index contributed by atoms with van der Waals surface area (Å²) in [4.78, 5) is 19.0. The van der Waals surface area contributed by atoms with Gasteiger partial charge in [-0.15, -0.1) is 0 Å². The van der Waals surface area contributed by atoms with Crippen LogP contribution in [0, 0.1) is 18.7 Å². The first kappa shape index (κ1) is 14.9. The van der Waals surface area contributed by atoms with Crippen LogP contribution in [0.4, 0.5) is 4.39 Å². The van der Waals surface area contributed by atoms with Crippen molar-refractivity contribution in [1.29, 1.82) is 0 Å². The van der Waals surface area contributed by atoms with Crippen LogP contribution < -0.4 is 5.73 Å².